The molecule has 0 fully saturated rings. The second kappa shape index (κ2) is 8.76. The molecule has 6 heteroatoms. The maximum absolute atomic E-state index is 12.5. The van der Waals surface area contributed by atoms with Gasteiger partial charge in [0.25, 0.3) is 0 Å². The lowest BCUT2D eigenvalue weighted by Gasteiger charge is -2.14. The number of carbonyl (C=O) groups is 1. The molecule has 0 radical (unpaired) electrons. The van der Waals surface area contributed by atoms with Crippen molar-refractivity contribution in [2.24, 2.45) is 0 Å². The van der Waals surface area contributed by atoms with E-state index in [1.807, 2.05) is 36.4 Å². The molecule has 1 heterocycles. The van der Waals surface area contributed by atoms with E-state index in [0.29, 0.717) is 6.42 Å². The Kier molecular flexibility index (Phi) is 5.92. The van der Waals surface area contributed by atoms with E-state index in [2.05, 4.69) is 62.3 Å². The highest BCUT2D eigenvalue weighted by Gasteiger charge is 2.14. The number of halogens is 1. The van der Waals surface area contributed by atoms with Crippen molar-refractivity contribution in [1.82, 2.24) is 15.5 Å². The van der Waals surface area contributed by atoms with Crippen molar-refractivity contribution >= 4 is 44.4 Å². The molecule has 0 saturated carbocycles. The normalized spacial score (nSPS) is 13.8. The number of benzene rings is 2. The van der Waals surface area contributed by atoms with E-state index in [4.69, 9.17) is 0 Å². The number of allylic oxidation sites excluding steroid dienone is 4. The zero-order valence-corrected chi connectivity index (χ0v) is 18.0. The fourth-order valence-corrected chi connectivity index (χ4v) is 4.54. The quantitative estimate of drug-likeness (QED) is 0.498. The number of thioether (sulfide) groups is 1. The molecule has 2 aromatic carbocycles. The predicted molar refractivity (Wildman–Crippen MR) is 123 cm³/mol. The molecule has 0 aliphatic heterocycles. The van der Waals surface area contributed by atoms with E-state index in [1.165, 1.54) is 11.8 Å². The number of aromatic nitrogens is 2. The lowest BCUT2D eigenvalue weighted by molar-refractivity contribution is -0.117. The second-order valence-corrected chi connectivity index (χ2v) is 8.52. The van der Waals surface area contributed by atoms with E-state index < -0.39 is 0 Å². The third-order valence-electron chi connectivity index (χ3n) is 4.54. The predicted octanol–water partition coefficient (Wildman–Crippen LogP) is 5.63. The van der Waals surface area contributed by atoms with Crippen LogP contribution in [0, 0.1) is 0 Å². The van der Waals surface area contributed by atoms with Gasteiger partial charge < -0.3 is 5.32 Å². The largest absolute Gasteiger partial charge is 0.325 e. The number of hydrogen-bond acceptors (Lipinski definition) is 4. The van der Waals surface area contributed by atoms with E-state index in [9.17, 15) is 4.79 Å². The summed E-state index contributed by atoms with van der Waals surface area (Å²) in [4.78, 5) is 12.5. The number of hydrogen-bond donors (Lipinski definition) is 1. The molecular formula is C23H18BrN3OS. The highest BCUT2D eigenvalue weighted by Crippen LogP contribution is 2.34. The molecule has 1 aromatic heterocycles. The number of amides is 1. The summed E-state index contributed by atoms with van der Waals surface area (Å²) in [5, 5.41) is 14.3. The van der Waals surface area contributed by atoms with Crippen LogP contribution in [0.25, 0.3) is 21.9 Å². The maximum atomic E-state index is 12.5. The Bertz CT molecular complexity index is 1160. The molecule has 0 bridgehead atoms. The van der Waals surface area contributed by atoms with Gasteiger partial charge in [-0.15, -0.1) is 5.10 Å². The fraction of sp³-hybridized carbons (Fsp3) is 0.0870. The molecule has 1 aliphatic rings. The Labute approximate surface area is 181 Å². The fourth-order valence-electron chi connectivity index (χ4n) is 3.17. The lowest BCUT2D eigenvalue weighted by atomic mass is 10.00. The van der Waals surface area contributed by atoms with Crippen molar-refractivity contribution in [2.75, 3.05) is 5.75 Å². The van der Waals surface area contributed by atoms with Crippen molar-refractivity contribution in [2.45, 2.75) is 11.4 Å². The van der Waals surface area contributed by atoms with E-state index in [-0.39, 0.29) is 11.7 Å². The Morgan fingerprint density at radius 2 is 1.93 bits per heavy atom. The first-order valence-electron chi connectivity index (χ1n) is 9.09. The third-order valence-corrected chi connectivity index (χ3v) is 6.23. The summed E-state index contributed by atoms with van der Waals surface area (Å²) in [5.41, 5.74) is 3.84. The van der Waals surface area contributed by atoms with Crippen LogP contribution in [0.3, 0.4) is 0 Å². The molecule has 4 nitrogen and oxygen atoms in total. The van der Waals surface area contributed by atoms with E-state index in [0.717, 1.165) is 42.7 Å². The SMILES string of the molecule is C=C1C=CC(NC(=O)CSc2nnccc2-c2cccc3ccccc23)=C(Br)C1. The average molecular weight is 464 g/mol. The van der Waals surface area contributed by atoms with Crippen molar-refractivity contribution in [1.29, 1.82) is 0 Å². The van der Waals surface area contributed by atoms with Crippen LogP contribution in [0.1, 0.15) is 6.42 Å². The molecule has 144 valence electrons. The van der Waals surface area contributed by atoms with Crippen LogP contribution in [0.15, 0.2) is 94.2 Å². The lowest BCUT2D eigenvalue weighted by Crippen LogP contribution is -2.25. The monoisotopic (exact) mass is 463 g/mol. The first-order valence-corrected chi connectivity index (χ1v) is 10.9. The van der Waals surface area contributed by atoms with Crippen LogP contribution in [-0.4, -0.2) is 21.9 Å². The van der Waals surface area contributed by atoms with Crippen LogP contribution in [0.4, 0.5) is 0 Å². The van der Waals surface area contributed by atoms with Crippen molar-refractivity contribution in [3.05, 3.63) is 89.2 Å². The number of rotatable bonds is 5. The smallest absolute Gasteiger partial charge is 0.234 e. The van der Waals surface area contributed by atoms with Gasteiger partial charge >= 0.3 is 0 Å². The number of nitrogens with zero attached hydrogens (tertiary/aromatic N) is 2. The Balaban J connectivity index is 1.54. The van der Waals surface area contributed by atoms with Gasteiger partial charge in [-0.1, -0.05) is 88.4 Å². The van der Waals surface area contributed by atoms with Gasteiger partial charge in [-0.25, -0.2) is 0 Å². The summed E-state index contributed by atoms with van der Waals surface area (Å²) in [6.07, 6.45) is 6.16. The van der Waals surface area contributed by atoms with Gasteiger partial charge in [0, 0.05) is 16.5 Å². The van der Waals surface area contributed by atoms with Gasteiger partial charge in [-0.3, -0.25) is 4.79 Å². The molecule has 3 aromatic rings. The molecule has 1 aliphatic carbocycles. The molecule has 4 rings (SSSR count). The summed E-state index contributed by atoms with van der Waals surface area (Å²) in [7, 11) is 0. The van der Waals surface area contributed by atoms with Crippen LogP contribution >= 0.6 is 27.7 Å². The number of carbonyl (C=O) groups excluding carboxylic acids is 1. The third kappa shape index (κ3) is 4.49. The minimum atomic E-state index is -0.0892. The molecule has 1 amide bonds. The van der Waals surface area contributed by atoms with Gasteiger partial charge in [-0.2, -0.15) is 5.10 Å². The van der Waals surface area contributed by atoms with Crippen LogP contribution in [-0.2, 0) is 4.79 Å². The van der Waals surface area contributed by atoms with Crippen molar-refractivity contribution in [3.63, 3.8) is 0 Å². The summed E-state index contributed by atoms with van der Waals surface area (Å²) >= 11 is 4.89. The summed E-state index contributed by atoms with van der Waals surface area (Å²) in [6.45, 7) is 3.93. The van der Waals surface area contributed by atoms with E-state index in [1.54, 1.807) is 6.20 Å². The first kappa shape index (κ1) is 19.6. The van der Waals surface area contributed by atoms with Gasteiger partial charge in [-0.05, 0) is 28.5 Å². The molecule has 0 unspecified atom stereocenters. The number of fused-ring (bicyclic) bond motifs is 1. The molecule has 0 spiro atoms. The van der Waals surface area contributed by atoms with Gasteiger partial charge in [0.1, 0.15) is 5.03 Å². The summed E-state index contributed by atoms with van der Waals surface area (Å²) < 4.78 is 0.930. The molecule has 0 atom stereocenters. The van der Waals surface area contributed by atoms with Gasteiger partial charge in [0.15, 0.2) is 0 Å². The van der Waals surface area contributed by atoms with Crippen LogP contribution < -0.4 is 5.32 Å². The Hall–Kier alpha value is -2.70. The zero-order chi connectivity index (χ0) is 20.2. The molecule has 29 heavy (non-hydrogen) atoms. The highest BCUT2D eigenvalue weighted by molar-refractivity contribution is 9.11. The standard InChI is InChI=1S/C23H18BrN3OS/c1-15-9-10-21(20(24)13-15)26-22(28)14-29-23-19(11-12-25-27-23)18-8-4-6-16-5-2-3-7-17(16)18/h2-12H,1,13-14H2,(H,26,28). The van der Waals surface area contributed by atoms with Gasteiger partial charge in [0.05, 0.1) is 17.6 Å². The highest BCUT2D eigenvalue weighted by atomic mass is 79.9. The van der Waals surface area contributed by atoms with E-state index >= 15 is 0 Å². The minimum Gasteiger partial charge on any atom is -0.325 e. The molecule has 0 saturated heterocycles. The Morgan fingerprint density at radius 3 is 2.79 bits per heavy atom. The van der Waals surface area contributed by atoms with Gasteiger partial charge in [0.2, 0.25) is 5.91 Å². The van der Waals surface area contributed by atoms with Crippen LogP contribution in [0.5, 0.6) is 0 Å². The Morgan fingerprint density at radius 1 is 1.10 bits per heavy atom. The summed E-state index contributed by atoms with van der Waals surface area (Å²) in [5.74, 6) is 0.156. The maximum Gasteiger partial charge on any atom is 0.234 e. The molecular weight excluding hydrogens is 446 g/mol. The minimum absolute atomic E-state index is 0.0892. The van der Waals surface area contributed by atoms with Crippen molar-refractivity contribution < 1.29 is 4.79 Å². The van der Waals surface area contributed by atoms with Crippen LogP contribution in [0.2, 0.25) is 0 Å². The zero-order valence-electron chi connectivity index (χ0n) is 15.6. The summed E-state index contributed by atoms with van der Waals surface area (Å²) in [6, 6.07) is 16.4. The average Bonchev–Trinajstić information content (AvgIpc) is 2.74. The molecule has 1 N–H and O–H groups in total. The van der Waals surface area contributed by atoms with Crippen molar-refractivity contribution in [3.8, 4) is 11.1 Å². The topological polar surface area (TPSA) is 54.9 Å². The second-order valence-electron chi connectivity index (χ2n) is 6.60. The first-order chi connectivity index (χ1) is 14.1. The number of nitrogens with one attached hydrogen (secondary N) is 1.